The van der Waals surface area contributed by atoms with Crippen LogP contribution in [-0.2, 0) is 13.0 Å². The normalized spacial score (nSPS) is 22.6. The van der Waals surface area contributed by atoms with Crippen LogP contribution < -0.4 is 15.0 Å². The number of piperidine rings is 1. The molecule has 1 aromatic heterocycles. The van der Waals surface area contributed by atoms with E-state index in [1.165, 1.54) is 24.9 Å². The molecule has 0 aliphatic carbocycles. The second-order valence-electron chi connectivity index (χ2n) is 11.1. The first-order valence-corrected chi connectivity index (χ1v) is 14.3. The molecular weight excluding hydrogens is 496 g/mol. The first-order chi connectivity index (χ1) is 18.5. The lowest BCUT2D eigenvalue weighted by atomic mass is 10.00. The molecule has 38 heavy (non-hydrogen) atoms. The van der Waals surface area contributed by atoms with Crippen LogP contribution in [0.25, 0.3) is 10.8 Å². The highest BCUT2D eigenvalue weighted by molar-refractivity contribution is 6.36. The Morgan fingerprint density at radius 3 is 2.84 bits per heavy atom. The number of hydrogen-bond donors (Lipinski definition) is 1. The molecule has 3 aliphatic rings. The summed E-state index contributed by atoms with van der Waals surface area (Å²) < 4.78 is 8.52. The standard InChI is InChI=1S/C30H38ClN6O/c1-35-14-5-6-22(17-35)20-38-30-33-26-19-37(27-10-4-8-23-7-3-9-25(31)28(23)27)15-12-24(26)29(34-30)36(2)18-21-11-13-32-16-21/h3-4,7-10,18,21-22,32H,5-6,11-17,19-20H2,1-2H3/q+1/b36-18-. The van der Waals surface area contributed by atoms with Gasteiger partial charge in [-0.3, -0.25) is 0 Å². The number of nitrogens with one attached hydrogen (secondary N) is 1. The number of nitrogens with zero attached hydrogens (tertiary/aromatic N) is 5. The number of anilines is 1. The molecule has 0 amide bonds. The molecule has 1 N–H and O–H groups in total. The van der Waals surface area contributed by atoms with E-state index in [9.17, 15) is 0 Å². The third-order valence-electron chi connectivity index (χ3n) is 8.23. The van der Waals surface area contributed by atoms with E-state index in [2.05, 4.69) is 64.3 Å². The van der Waals surface area contributed by atoms with Gasteiger partial charge in [0.05, 0.1) is 42.7 Å². The zero-order valence-electron chi connectivity index (χ0n) is 22.5. The van der Waals surface area contributed by atoms with Crippen molar-refractivity contribution < 1.29 is 9.31 Å². The van der Waals surface area contributed by atoms with Crippen molar-refractivity contribution in [3.05, 3.63) is 52.7 Å². The van der Waals surface area contributed by atoms with Crippen molar-refractivity contribution in [1.82, 2.24) is 20.2 Å². The molecule has 0 saturated carbocycles. The van der Waals surface area contributed by atoms with E-state index in [-0.39, 0.29) is 0 Å². The number of fused-ring (bicyclic) bond motifs is 2. The molecule has 8 heteroatoms. The Hall–Kier alpha value is -2.74. The number of rotatable bonds is 6. The van der Waals surface area contributed by atoms with Gasteiger partial charge in [0.1, 0.15) is 0 Å². The molecule has 2 atom stereocenters. The predicted molar refractivity (Wildman–Crippen MR) is 154 cm³/mol. The largest absolute Gasteiger partial charge is 0.444 e. The fraction of sp³-hybridized carbons (Fsp3) is 0.500. The zero-order chi connectivity index (χ0) is 26.1. The highest BCUT2D eigenvalue weighted by Crippen LogP contribution is 2.36. The maximum atomic E-state index is 6.69. The molecule has 4 heterocycles. The second kappa shape index (κ2) is 11.2. The third kappa shape index (κ3) is 5.37. The van der Waals surface area contributed by atoms with Crippen LogP contribution in [0.15, 0.2) is 36.4 Å². The van der Waals surface area contributed by atoms with Crippen molar-refractivity contribution in [3.63, 3.8) is 0 Å². The van der Waals surface area contributed by atoms with Crippen LogP contribution in [0.3, 0.4) is 0 Å². The van der Waals surface area contributed by atoms with Gasteiger partial charge in [0.2, 0.25) is 0 Å². The fourth-order valence-corrected chi connectivity index (χ4v) is 6.56. The lowest BCUT2D eigenvalue weighted by molar-refractivity contribution is -0.407. The van der Waals surface area contributed by atoms with Crippen molar-refractivity contribution >= 4 is 40.1 Å². The maximum absolute atomic E-state index is 6.69. The summed E-state index contributed by atoms with van der Waals surface area (Å²) in [6.45, 7) is 6.58. The van der Waals surface area contributed by atoms with Crippen molar-refractivity contribution in [2.24, 2.45) is 11.8 Å². The van der Waals surface area contributed by atoms with Crippen molar-refractivity contribution in [2.75, 3.05) is 58.3 Å². The van der Waals surface area contributed by atoms with Gasteiger partial charge < -0.3 is 19.9 Å². The topological polar surface area (TPSA) is 56.5 Å². The van der Waals surface area contributed by atoms with Crippen molar-refractivity contribution in [2.45, 2.75) is 32.2 Å². The minimum Gasteiger partial charge on any atom is -0.444 e. The Kier molecular flexibility index (Phi) is 7.50. The quantitative estimate of drug-likeness (QED) is 0.371. The molecule has 2 unspecified atom stereocenters. The van der Waals surface area contributed by atoms with Gasteiger partial charge in [-0.25, -0.2) is 4.58 Å². The Bertz CT molecular complexity index is 1330. The highest BCUT2D eigenvalue weighted by Gasteiger charge is 2.31. The van der Waals surface area contributed by atoms with E-state index >= 15 is 0 Å². The van der Waals surface area contributed by atoms with Crippen LogP contribution in [0, 0.1) is 11.8 Å². The number of benzene rings is 2. The predicted octanol–water partition coefficient (Wildman–Crippen LogP) is 4.52. The summed E-state index contributed by atoms with van der Waals surface area (Å²) in [5, 5.41) is 6.52. The second-order valence-corrected chi connectivity index (χ2v) is 11.5. The van der Waals surface area contributed by atoms with Crippen LogP contribution in [0.5, 0.6) is 6.01 Å². The maximum Gasteiger partial charge on any atom is 0.434 e. The highest BCUT2D eigenvalue weighted by atomic mass is 35.5. The zero-order valence-corrected chi connectivity index (χ0v) is 23.3. The molecule has 0 radical (unpaired) electrons. The molecule has 3 aromatic rings. The summed E-state index contributed by atoms with van der Waals surface area (Å²) in [5.41, 5.74) is 3.43. The molecule has 7 nitrogen and oxygen atoms in total. The van der Waals surface area contributed by atoms with Gasteiger partial charge in [-0.15, -0.1) is 0 Å². The van der Waals surface area contributed by atoms with Crippen LogP contribution in [0.2, 0.25) is 5.02 Å². The summed E-state index contributed by atoms with van der Waals surface area (Å²) in [5.74, 6) is 2.01. The van der Waals surface area contributed by atoms with E-state index in [1.54, 1.807) is 0 Å². The SMILES string of the molecule is CN1CCCC(COc2nc3c(c(/[N+](C)=C\C4CCNC4)n2)CCN(c2cccc4cccc(Cl)c24)C3)C1. The summed E-state index contributed by atoms with van der Waals surface area (Å²) in [6, 6.07) is 13.0. The van der Waals surface area contributed by atoms with Gasteiger partial charge in [-0.1, -0.05) is 35.9 Å². The Balaban J connectivity index is 1.33. The van der Waals surface area contributed by atoms with Gasteiger partial charge in [0.15, 0.2) is 0 Å². The Labute approximate surface area is 230 Å². The van der Waals surface area contributed by atoms with Crippen LogP contribution in [0.1, 0.15) is 30.5 Å². The Morgan fingerprint density at radius 2 is 2.03 bits per heavy atom. The molecule has 0 bridgehead atoms. The number of halogens is 1. The summed E-state index contributed by atoms with van der Waals surface area (Å²) in [6.07, 6.45) is 6.77. The van der Waals surface area contributed by atoms with E-state index < -0.39 is 0 Å². The molecular formula is C30H38ClN6O+. The van der Waals surface area contributed by atoms with Gasteiger partial charge >= 0.3 is 11.8 Å². The van der Waals surface area contributed by atoms with E-state index in [0.29, 0.717) is 31.0 Å². The smallest absolute Gasteiger partial charge is 0.434 e. The van der Waals surface area contributed by atoms with Gasteiger partial charge in [-0.2, -0.15) is 4.98 Å². The minimum atomic E-state index is 0.495. The number of ether oxygens (including phenoxy) is 1. The van der Waals surface area contributed by atoms with Crippen molar-refractivity contribution in [1.29, 1.82) is 0 Å². The van der Waals surface area contributed by atoms with Crippen LogP contribution >= 0.6 is 11.6 Å². The molecule has 3 aliphatic heterocycles. The van der Waals surface area contributed by atoms with Gasteiger partial charge in [0, 0.05) is 53.9 Å². The molecule has 0 spiro atoms. The van der Waals surface area contributed by atoms with E-state index in [0.717, 1.165) is 72.0 Å². The van der Waals surface area contributed by atoms with Gasteiger partial charge in [0.25, 0.3) is 0 Å². The Morgan fingerprint density at radius 1 is 1.16 bits per heavy atom. The molecule has 200 valence electrons. The lowest BCUT2D eigenvalue weighted by Crippen LogP contribution is -2.35. The number of likely N-dealkylation sites (tertiary alicyclic amines) is 1. The summed E-state index contributed by atoms with van der Waals surface area (Å²) in [7, 11) is 4.31. The average Bonchev–Trinajstić information content (AvgIpc) is 3.44. The molecule has 6 rings (SSSR count). The molecule has 2 aromatic carbocycles. The minimum absolute atomic E-state index is 0.495. The number of hydrogen-bond acceptors (Lipinski definition) is 6. The van der Waals surface area contributed by atoms with Crippen LogP contribution in [-0.4, -0.2) is 79.1 Å². The first kappa shape index (κ1) is 25.5. The fourth-order valence-electron chi connectivity index (χ4n) is 6.28. The summed E-state index contributed by atoms with van der Waals surface area (Å²) >= 11 is 6.69. The van der Waals surface area contributed by atoms with E-state index in [1.807, 2.05) is 12.1 Å². The monoisotopic (exact) mass is 533 g/mol. The van der Waals surface area contributed by atoms with Crippen molar-refractivity contribution in [3.8, 4) is 6.01 Å². The first-order valence-electron chi connectivity index (χ1n) is 14.0. The molecule has 2 fully saturated rings. The average molecular weight is 534 g/mol. The summed E-state index contributed by atoms with van der Waals surface area (Å²) in [4.78, 5) is 14.8. The van der Waals surface area contributed by atoms with E-state index in [4.69, 9.17) is 26.3 Å². The van der Waals surface area contributed by atoms with Crippen LogP contribution in [0.4, 0.5) is 11.5 Å². The number of aromatic nitrogens is 2. The molecule has 2 saturated heterocycles. The third-order valence-corrected chi connectivity index (χ3v) is 8.55. The lowest BCUT2D eigenvalue weighted by Gasteiger charge is -2.31. The van der Waals surface area contributed by atoms with Gasteiger partial charge in [-0.05, 0) is 56.9 Å².